The third kappa shape index (κ3) is 4.97. The van der Waals surface area contributed by atoms with Crippen LogP contribution < -0.4 is 5.32 Å². The van der Waals surface area contributed by atoms with Crippen LogP contribution in [0.15, 0.2) is 42.6 Å². The molecule has 0 bridgehead atoms. The average molecular weight is 409 g/mol. The highest BCUT2D eigenvalue weighted by atomic mass is 19.2. The summed E-state index contributed by atoms with van der Waals surface area (Å²) in [7, 11) is 0. The number of nitrogens with one attached hydrogen (secondary N) is 1. The molecular formula is C23H25F2N5. The zero-order chi connectivity index (χ0) is 21.1. The van der Waals surface area contributed by atoms with Crippen LogP contribution in [0.5, 0.6) is 0 Å². The number of nitrogens with zero attached hydrogens (tertiary/aromatic N) is 4. The summed E-state index contributed by atoms with van der Waals surface area (Å²) in [4.78, 5) is 15.8. The molecule has 0 unspecified atom stereocenters. The van der Waals surface area contributed by atoms with Gasteiger partial charge in [-0.3, -0.25) is 4.90 Å². The second-order valence-corrected chi connectivity index (χ2v) is 7.89. The lowest BCUT2D eigenvalue weighted by molar-refractivity contribution is 0.198. The quantitative estimate of drug-likeness (QED) is 0.650. The van der Waals surface area contributed by atoms with Crippen LogP contribution in [0.25, 0.3) is 0 Å². The number of pyridine rings is 1. The predicted octanol–water partition coefficient (Wildman–Crippen LogP) is 4.89. The summed E-state index contributed by atoms with van der Waals surface area (Å²) in [5.74, 6) is 0.843. The fraction of sp³-hybridized carbons (Fsp3) is 0.348. The molecule has 2 aromatic heterocycles. The van der Waals surface area contributed by atoms with Crippen molar-refractivity contribution in [1.82, 2.24) is 19.9 Å². The van der Waals surface area contributed by atoms with E-state index >= 15 is 0 Å². The smallest absolute Gasteiger partial charge is 0.159 e. The van der Waals surface area contributed by atoms with Crippen molar-refractivity contribution in [1.29, 1.82) is 0 Å². The second kappa shape index (κ2) is 8.83. The molecule has 1 atom stereocenters. The molecule has 156 valence electrons. The monoisotopic (exact) mass is 409 g/mol. The first-order valence-corrected chi connectivity index (χ1v) is 10.2. The minimum absolute atomic E-state index is 0.261. The van der Waals surface area contributed by atoms with E-state index in [4.69, 9.17) is 0 Å². The Morgan fingerprint density at radius 1 is 1.03 bits per heavy atom. The summed E-state index contributed by atoms with van der Waals surface area (Å²) >= 11 is 0. The zero-order valence-corrected chi connectivity index (χ0v) is 17.2. The molecule has 1 aromatic carbocycles. The van der Waals surface area contributed by atoms with E-state index in [2.05, 4.69) is 25.2 Å². The molecule has 3 heterocycles. The summed E-state index contributed by atoms with van der Waals surface area (Å²) in [6.07, 6.45) is 3.83. The van der Waals surface area contributed by atoms with Crippen LogP contribution >= 0.6 is 0 Å². The minimum atomic E-state index is -0.810. The van der Waals surface area contributed by atoms with Gasteiger partial charge in [0.1, 0.15) is 17.5 Å². The molecule has 1 aliphatic heterocycles. The fourth-order valence-corrected chi connectivity index (χ4v) is 3.94. The number of hydrogen-bond acceptors (Lipinski definition) is 5. The van der Waals surface area contributed by atoms with Gasteiger partial charge in [0.2, 0.25) is 0 Å². The molecule has 1 saturated heterocycles. The van der Waals surface area contributed by atoms with Crippen molar-refractivity contribution in [3.8, 4) is 0 Å². The maximum atomic E-state index is 13.5. The molecule has 1 fully saturated rings. The van der Waals surface area contributed by atoms with E-state index in [1.54, 1.807) is 12.3 Å². The largest absolute Gasteiger partial charge is 0.325 e. The Bertz CT molecular complexity index is 1040. The van der Waals surface area contributed by atoms with E-state index in [1.807, 2.05) is 32.0 Å². The highest BCUT2D eigenvalue weighted by Gasteiger charge is 2.23. The van der Waals surface area contributed by atoms with E-state index in [0.29, 0.717) is 12.4 Å². The van der Waals surface area contributed by atoms with Crippen LogP contribution in [0.1, 0.15) is 41.4 Å². The Balaban J connectivity index is 1.48. The van der Waals surface area contributed by atoms with Gasteiger partial charge in [-0.15, -0.1) is 0 Å². The molecule has 0 radical (unpaired) electrons. The molecule has 0 spiro atoms. The molecule has 3 aromatic rings. The van der Waals surface area contributed by atoms with Crippen LogP contribution in [-0.2, 0) is 6.54 Å². The Morgan fingerprint density at radius 2 is 1.90 bits per heavy atom. The van der Waals surface area contributed by atoms with Crippen molar-refractivity contribution in [2.24, 2.45) is 0 Å². The van der Waals surface area contributed by atoms with Gasteiger partial charge in [0.05, 0.1) is 5.69 Å². The first-order chi connectivity index (χ1) is 14.5. The van der Waals surface area contributed by atoms with Crippen molar-refractivity contribution >= 4 is 11.6 Å². The van der Waals surface area contributed by atoms with E-state index in [0.717, 1.165) is 54.4 Å². The highest BCUT2D eigenvalue weighted by Crippen LogP contribution is 2.28. The molecule has 7 heteroatoms. The van der Waals surface area contributed by atoms with Gasteiger partial charge in [0.25, 0.3) is 0 Å². The number of rotatable bonds is 5. The van der Waals surface area contributed by atoms with Crippen LogP contribution in [0.2, 0.25) is 0 Å². The third-order valence-electron chi connectivity index (χ3n) is 5.34. The number of halogens is 2. The summed E-state index contributed by atoms with van der Waals surface area (Å²) in [6.45, 7) is 6.25. The standard InChI is InChI=1S/C23H25F2N5/c1-15-7-8-26-22(10-15)29-23-12-21(27-16(2)28-23)18-4-3-9-30(14-18)13-17-5-6-19(24)20(25)11-17/h5-8,10-12,18H,3-4,9,13-14H2,1-2H3,(H,26,27,28,29)/t18-/m0/s1. The first kappa shape index (κ1) is 20.3. The van der Waals surface area contributed by atoms with Crippen molar-refractivity contribution in [2.75, 3.05) is 18.4 Å². The molecule has 1 N–H and O–H groups in total. The fourth-order valence-electron chi connectivity index (χ4n) is 3.94. The molecule has 0 amide bonds. The van der Waals surface area contributed by atoms with E-state index in [-0.39, 0.29) is 5.92 Å². The minimum Gasteiger partial charge on any atom is -0.325 e. The van der Waals surface area contributed by atoms with Gasteiger partial charge in [-0.25, -0.2) is 23.7 Å². The Morgan fingerprint density at radius 3 is 2.70 bits per heavy atom. The number of piperidine rings is 1. The Labute approximate surface area is 175 Å². The number of likely N-dealkylation sites (tertiary alicyclic amines) is 1. The topological polar surface area (TPSA) is 53.9 Å². The average Bonchev–Trinajstić information content (AvgIpc) is 2.71. The normalized spacial score (nSPS) is 17.1. The SMILES string of the molecule is Cc1ccnc(Nc2cc([C@H]3CCCN(Cc4ccc(F)c(F)c4)C3)nc(C)n2)c1. The predicted molar refractivity (Wildman–Crippen MR) is 113 cm³/mol. The van der Waals surface area contributed by atoms with Crippen molar-refractivity contribution in [3.63, 3.8) is 0 Å². The molecule has 1 aliphatic rings. The third-order valence-corrected chi connectivity index (χ3v) is 5.34. The maximum absolute atomic E-state index is 13.5. The summed E-state index contributed by atoms with van der Waals surface area (Å²) in [5.41, 5.74) is 2.90. The van der Waals surface area contributed by atoms with Crippen molar-refractivity contribution in [2.45, 2.75) is 39.2 Å². The highest BCUT2D eigenvalue weighted by molar-refractivity contribution is 5.52. The van der Waals surface area contributed by atoms with Gasteiger partial charge < -0.3 is 5.32 Å². The van der Waals surface area contributed by atoms with Crippen LogP contribution in [-0.4, -0.2) is 32.9 Å². The number of aromatic nitrogens is 3. The zero-order valence-electron chi connectivity index (χ0n) is 17.2. The Kier molecular flexibility index (Phi) is 5.99. The molecular weight excluding hydrogens is 384 g/mol. The lowest BCUT2D eigenvalue weighted by Gasteiger charge is -2.32. The van der Waals surface area contributed by atoms with Crippen molar-refractivity contribution < 1.29 is 8.78 Å². The first-order valence-electron chi connectivity index (χ1n) is 10.2. The van der Waals surface area contributed by atoms with E-state index in [1.165, 1.54) is 12.1 Å². The lowest BCUT2D eigenvalue weighted by Crippen LogP contribution is -2.34. The van der Waals surface area contributed by atoms with Gasteiger partial charge in [0, 0.05) is 31.3 Å². The van der Waals surface area contributed by atoms with Gasteiger partial charge in [0.15, 0.2) is 11.6 Å². The van der Waals surface area contributed by atoms with E-state index < -0.39 is 11.6 Å². The molecule has 0 aliphatic carbocycles. The van der Waals surface area contributed by atoms with Gasteiger partial charge >= 0.3 is 0 Å². The lowest BCUT2D eigenvalue weighted by atomic mass is 9.94. The van der Waals surface area contributed by atoms with Crippen LogP contribution in [0.3, 0.4) is 0 Å². The molecule has 5 nitrogen and oxygen atoms in total. The van der Waals surface area contributed by atoms with E-state index in [9.17, 15) is 8.78 Å². The molecule has 4 rings (SSSR count). The maximum Gasteiger partial charge on any atom is 0.159 e. The van der Waals surface area contributed by atoms with Gasteiger partial charge in [-0.05, 0) is 68.6 Å². The Hall–Kier alpha value is -2.93. The summed E-state index contributed by atoms with van der Waals surface area (Å²) < 4.78 is 26.7. The second-order valence-electron chi connectivity index (χ2n) is 7.89. The van der Waals surface area contributed by atoms with Crippen LogP contribution in [0.4, 0.5) is 20.4 Å². The molecule has 0 saturated carbocycles. The number of hydrogen-bond donors (Lipinski definition) is 1. The summed E-state index contributed by atoms with van der Waals surface area (Å²) in [5, 5.41) is 3.27. The number of anilines is 2. The van der Waals surface area contributed by atoms with Crippen molar-refractivity contribution in [3.05, 3.63) is 76.9 Å². The van der Waals surface area contributed by atoms with Gasteiger partial charge in [-0.2, -0.15) is 0 Å². The summed E-state index contributed by atoms with van der Waals surface area (Å²) in [6, 6.07) is 10.0. The van der Waals surface area contributed by atoms with Gasteiger partial charge in [-0.1, -0.05) is 6.07 Å². The number of aryl methyl sites for hydroxylation is 2. The van der Waals surface area contributed by atoms with Crippen LogP contribution in [0, 0.1) is 25.5 Å². The number of benzene rings is 1. The molecule has 30 heavy (non-hydrogen) atoms.